The predicted octanol–water partition coefficient (Wildman–Crippen LogP) is 4.82. The Balaban J connectivity index is 5.15. The number of hydrogen-bond acceptors (Lipinski definition) is 1. The molecular weight excluding hydrogens is 208 g/mol. The molecule has 0 bridgehead atoms. The second-order valence-electron chi connectivity index (χ2n) is 4.33. The summed E-state index contributed by atoms with van der Waals surface area (Å²) in [5.74, 6) is 0. The highest BCUT2D eigenvalue weighted by molar-refractivity contribution is 5.17. The van der Waals surface area contributed by atoms with Crippen LogP contribution in [-0.4, -0.2) is 11.2 Å². The van der Waals surface area contributed by atoms with Crippen LogP contribution in [0.2, 0.25) is 0 Å². The van der Waals surface area contributed by atoms with Crippen molar-refractivity contribution in [2.45, 2.75) is 50.7 Å². The summed E-state index contributed by atoms with van der Waals surface area (Å²) >= 11 is 0. The average molecular weight is 234 g/mol. The van der Waals surface area contributed by atoms with Gasteiger partial charge in [-0.3, -0.25) is 0 Å². The second-order valence-corrected chi connectivity index (χ2v) is 4.33. The van der Waals surface area contributed by atoms with E-state index in [0.29, 0.717) is 0 Å². The van der Waals surface area contributed by atoms with Crippen molar-refractivity contribution in [1.29, 1.82) is 0 Å². The summed E-state index contributed by atoms with van der Waals surface area (Å²) in [6.45, 7) is 19.7. The van der Waals surface area contributed by atoms with Crippen molar-refractivity contribution in [1.82, 2.24) is 0 Å². The summed E-state index contributed by atoms with van der Waals surface area (Å²) < 4.78 is 6.23. The van der Waals surface area contributed by atoms with E-state index >= 15 is 0 Å². The first-order valence-electron chi connectivity index (χ1n) is 6.32. The molecule has 0 aliphatic carbocycles. The Morgan fingerprint density at radius 3 is 1.24 bits per heavy atom. The van der Waals surface area contributed by atoms with E-state index in [4.69, 9.17) is 4.74 Å². The van der Waals surface area contributed by atoms with Crippen molar-refractivity contribution in [2.24, 2.45) is 0 Å². The van der Waals surface area contributed by atoms with Gasteiger partial charge in [0.15, 0.2) is 0 Å². The molecule has 0 atom stereocenters. The zero-order valence-corrected chi connectivity index (χ0v) is 11.4. The lowest BCUT2D eigenvalue weighted by Gasteiger charge is -2.38. The molecule has 0 aromatic carbocycles. The molecule has 1 nitrogen and oxygen atoms in total. The maximum atomic E-state index is 6.23. The van der Waals surface area contributed by atoms with Gasteiger partial charge in [0.25, 0.3) is 0 Å². The van der Waals surface area contributed by atoms with Crippen LogP contribution in [0, 0.1) is 0 Å². The van der Waals surface area contributed by atoms with Crippen LogP contribution in [0.15, 0.2) is 50.6 Å². The van der Waals surface area contributed by atoms with E-state index in [9.17, 15) is 0 Å². The monoisotopic (exact) mass is 234 g/mol. The van der Waals surface area contributed by atoms with Gasteiger partial charge in [-0.2, -0.15) is 0 Å². The van der Waals surface area contributed by atoms with Crippen LogP contribution < -0.4 is 0 Å². The molecule has 0 aromatic heterocycles. The van der Waals surface area contributed by atoms with E-state index in [0.717, 1.165) is 25.7 Å². The lowest BCUT2D eigenvalue weighted by Crippen LogP contribution is -2.39. The topological polar surface area (TPSA) is 9.23 Å². The van der Waals surface area contributed by atoms with E-state index < -0.39 is 11.2 Å². The Labute approximate surface area is 107 Å². The van der Waals surface area contributed by atoms with Gasteiger partial charge in [0.1, 0.15) is 11.2 Å². The quantitative estimate of drug-likeness (QED) is 0.492. The van der Waals surface area contributed by atoms with Gasteiger partial charge >= 0.3 is 0 Å². The highest BCUT2D eigenvalue weighted by atomic mass is 16.5. The molecule has 0 unspecified atom stereocenters. The minimum atomic E-state index is -0.494. The molecule has 0 saturated carbocycles. The molecule has 0 aliphatic rings. The van der Waals surface area contributed by atoms with Gasteiger partial charge in [-0.1, -0.05) is 77.3 Å². The Hall–Kier alpha value is -1.08. The molecular formula is C16H26O. The third-order valence-electron chi connectivity index (χ3n) is 3.04. The zero-order chi connectivity index (χ0) is 13.4. The second kappa shape index (κ2) is 7.29. The first-order chi connectivity index (χ1) is 8.07. The molecule has 0 fully saturated rings. The minimum Gasteiger partial charge on any atom is -0.352 e. The summed E-state index contributed by atoms with van der Waals surface area (Å²) in [6, 6.07) is 0. The van der Waals surface area contributed by atoms with E-state index in [-0.39, 0.29) is 0 Å². The third kappa shape index (κ3) is 4.01. The van der Waals surface area contributed by atoms with E-state index in [1.54, 1.807) is 0 Å². The van der Waals surface area contributed by atoms with Crippen molar-refractivity contribution < 1.29 is 4.74 Å². The van der Waals surface area contributed by atoms with E-state index in [1.165, 1.54) is 0 Å². The minimum absolute atomic E-state index is 0.494. The molecule has 0 heterocycles. The Bertz CT molecular complexity index is 231. The van der Waals surface area contributed by atoms with Crippen LogP contribution in [0.5, 0.6) is 0 Å². The standard InChI is InChI=1S/C16H26O/c1-7-13-15(9-3,10-4)17-16(11-5,12-6)14-8-2/h9-12H,3-8,13-14H2,1-2H3. The van der Waals surface area contributed by atoms with Crippen molar-refractivity contribution in [3.63, 3.8) is 0 Å². The summed E-state index contributed by atoms with van der Waals surface area (Å²) in [6.07, 6.45) is 11.0. The molecule has 0 radical (unpaired) electrons. The van der Waals surface area contributed by atoms with Gasteiger partial charge in [-0.05, 0) is 12.8 Å². The molecule has 0 aromatic rings. The summed E-state index contributed by atoms with van der Waals surface area (Å²) in [7, 11) is 0. The summed E-state index contributed by atoms with van der Waals surface area (Å²) in [5, 5.41) is 0. The highest BCUT2D eigenvalue weighted by Gasteiger charge is 2.33. The average Bonchev–Trinajstić information content (AvgIpc) is 2.37. The SMILES string of the molecule is C=CC(C=C)(CCC)OC(C=C)(C=C)CCC. The molecule has 0 spiro atoms. The number of hydrogen-bond donors (Lipinski definition) is 0. The van der Waals surface area contributed by atoms with Gasteiger partial charge in [0.2, 0.25) is 0 Å². The fourth-order valence-corrected chi connectivity index (χ4v) is 1.98. The fraction of sp³-hybridized carbons (Fsp3) is 0.500. The lowest BCUT2D eigenvalue weighted by atomic mass is 9.92. The Kier molecular flexibility index (Phi) is 6.82. The third-order valence-corrected chi connectivity index (χ3v) is 3.04. The molecule has 0 N–H and O–H groups in total. The number of rotatable bonds is 10. The zero-order valence-electron chi connectivity index (χ0n) is 11.4. The van der Waals surface area contributed by atoms with Crippen molar-refractivity contribution in [3.05, 3.63) is 50.6 Å². The molecule has 96 valence electrons. The maximum Gasteiger partial charge on any atom is 0.105 e. The van der Waals surface area contributed by atoms with Crippen LogP contribution in [0.4, 0.5) is 0 Å². The fourth-order valence-electron chi connectivity index (χ4n) is 1.98. The Morgan fingerprint density at radius 2 is 1.06 bits per heavy atom. The molecule has 0 rings (SSSR count). The van der Waals surface area contributed by atoms with E-state index in [1.807, 2.05) is 24.3 Å². The number of ether oxygens (including phenoxy) is 1. The summed E-state index contributed by atoms with van der Waals surface area (Å²) in [5.41, 5.74) is -0.987. The van der Waals surface area contributed by atoms with Gasteiger partial charge in [-0.15, -0.1) is 0 Å². The van der Waals surface area contributed by atoms with Crippen LogP contribution in [0.3, 0.4) is 0 Å². The molecule has 17 heavy (non-hydrogen) atoms. The molecule has 0 saturated heterocycles. The predicted molar refractivity (Wildman–Crippen MR) is 77.2 cm³/mol. The van der Waals surface area contributed by atoms with Gasteiger partial charge < -0.3 is 4.74 Å². The van der Waals surface area contributed by atoms with Crippen molar-refractivity contribution in [2.75, 3.05) is 0 Å². The first kappa shape index (κ1) is 15.9. The maximum absolute atomic E-state index is 6.23. The largest absolute Gasteiger partial charge is 0.352 e. The van der Waals surface area contributed by atoms with Gasteiger partial charge in [0, 0.05) is 0 Å². The van der Waals surface area contributed by atoms with Crippen molar-refractivity contribution >= 4 is 0 Å². The normalized spacial score (nSPS) is 11.9. The summed E-state index contributed by atoms with van der Waals surface area (Å²) in [4.78, 5) is 0. The van der Waals surface area contributed by atoms with Crippen LogP contribution in [0.25, 0.3) is 0 Å². The molecule has 0 amide bonds. The first-order valence-corrected chi connectivity index (χ1v) is 6.32. The highest BCUT2D eigenvalue weighted by Crippen LogP contribution is 2.32. The Morgan fingerprint density at radius 1 is 0.765 bits per heavy atom. The molecule has 1 heteroatoms. The van der Waals surface area contributed by atoms with Crippen LogP contribution in [-0.2, 0) is 4.74 Å². The van der Waals surface area contributed by atoms with Crippen LogP contribution in [0.1, 0.15) is 39.5 Å². The molecule has 0 aliphatic heterocycles. The van der Waals surface area contributed by atoms with Gasteiger partial charge in [0.05, 0.1) is 0 Å². The van der Waals surface area contributed by atoms with Gasteiger partial charge in [-0.25, -0.2) is 0 Å². The lowest BCUT2D eigenvalue weighted by molar-refractivity contribution is -0.0634. The van der Waals surface area contributed by atoms with Crippen LogP contribution >= 0.6 is 0 Å². The smallest absolute Gasteiger partial charge is 0.105 e. The van der Waals surface area contributed by atoms with E-state index in [2.05, 4.69) is 40.2 Å². The van der Waals surface area contributed by atoms with Crippen molar-refractivity contribution in [3.8, 4) is 0 Å².